The van der Waals surface area contributed by atoms with Crippen LogP contribution in [-0.4, -0.2) is 39.8 Å². The van der Waals surface area contributed by atoms with Crippen LogP contribution in [0.5, 0.6) is 0 Å². The molecule has 1 aliphatic rings. The van der Waals surface area contributed by atoms with Gasteiger partial charge < -0.3 is 14.6 Å². The third-order valence-electron chi connectivity index (χ3n) is 3.51. The molecule has 1 saturated heterocycles. The second kappa shape index (κ2) is 5.01. The van der Waals surface area contributed by atoms with Gasteiger partial charge in [0.2, 0.25) is 5.91 Å². The Labute approximate surface area is 112 Å². The molecule has 19 heavy (non-hydrogen) atoms. The van der Waals surface area contributed by atoms with Gasteiger partial charge in [-0.1, -0.05) is 6.07 Å². The van der Waals surface area contributed by atoms with E-state index >= 15 is 0 Å². The van der Waals surface area contributed by atoms with Crippen LogP contribution in [0, 0.1) is 6.92 Å². The number of aromatic nitrogens is 2. The third-order valence-corrected chi connectivity index (χ3v) is 3.51. The first kappa shape index (κ1) is 12.2. The van der Waals surface area contributed by atoms with Crippen molar-refractivity contribution in [1.82, 2.24) is 19.6 Å². The van der Waals surface area contributed by atoms with Crippen LogP contribution in [-0.2, 0) is 11.3 Å². The summed E-state index contributed by atoms with van der Waals surface area (Å²) in [7, 11) is 0. The van der Waals surface area contributed by atoms with Crippen molar-refractivity contribution in [3.63, 3.8) is 0 Å². The molecule has 0 aromatic carbocycles. The van der Waals surface area contributed by atoms with Crippen molar-refractivity contribution in [3.8, 4) is 0 Å². The van der Waals surface area contributed by atoms with E-state index in [2.05, 4.69) is 10.3 Å². The first-order valence-electron chi connectivity index (χ1n) is 6.66. The average molecular weight is 258 g/mol. The number of nitrogens with one attached hydrogen (secondary N) is 1. The van der Waals surface area contributed by atoms with E-state index in [4.69, 9.17) is 0 Å². The molecule has 1 fully saturated rings. The van der Waals surface area contributed by atoms with Crippen molar-refractivity contribution in [2.75, 3.05) is 19.6 Å². The van der Waals surface area contributed by atoms with Crippen LogP contribution in [0.4, 0.5) is 0 Å². The Kier molecular flexibility index (Phi) is 3.21. The van der Waals surface area contributed by atoms with E-state index in [-0.39, 0.29) is 5.91 Å². The second-order valence-corrected chi connectivity index (χ2v) is 4.97. The van der Waals surface area contributed by atoms with E-state index in [0.717, 1.165) is 36.5 Å². The molecule has 3 heterocycles. The van der Waals surface area contributed by atoms with Crippen molar-refractivity contribution in [1.29, 1.82) is 0 Å². The van der Waals surface area contributed by atoms with Gasteiger partial charge in [0, 0.05) is 38.4 Å². The van der Waals surface area contributed by atoms with Gasteiger partial charge in [-0.3, -0.25) is 4.79 Å². The van der Waals surface area contributed by atoms with E-state index in [9.17, 15) is 4.79 Å². The molecule has 3 rings (SSSR count). The first-order chi connectivity index (χ1) is 9.24. The highest BCUT2D eigenvalue weighted by Crippen LogP contribution is 2.12. The minimum absolute atomic E-state index is 0.207. The standard InChI is InChI=1S/C14H18N4O/c1-11-3-2-7-18-10-12(16-14(11)18)9-17-8-6-15-5-4-13(17)19/h2-3,7,10,15H,4-6,8-9H2,1H3. The third kappa shape index (κ3) is 2.46. The zero-order chi connectivity index (χ0) is 13.2. The number of imidazole rings is 1. The molecule has 0 radical (unpaired) electrons. The Morgan fingerprint density at radius 2 is 2.32 bits per heavy atom. The smallest absolute Gasteiger partial charge is 0.224 e. The van der Waals surface area contributed by atoms with Crippen LogP contribution in [0.15, 0.2) is 24.5 Å². The zero-order valence-corrected chi connectivity index (χ0v) is 11.1. The zero-order valence-electron chi connectivity index (χ0n) is 11.1. The van der Waals surface area contributed by atoms with Crippen molar-refractivity contribution in [2.24, 2.45) is 0 Å². The van der Waals surface area contributed by atoms with Gasteiger partial charge in [0.1, 0.15) is 5.65 Å². The number of pyridine rings is 1. The van der Waals surface area contributed by atoms with Crippen LogP contribution in [0.25, 0.3) is 5.65 Å². The Bertz CT molecular complexity index is 605. The van der Waals surface area contributed by atoms with E-state index < -0.39 is 0 Å². The maximum absolute atomic E-state index is 12.0. The van der Waals surface area contributed by atoms with Crippen LogP contribution >= 0.6 is 0 Å². The van der Waals surface area contributed by atoms with Crippen molar-refractivity contribution >= 4 is 11.6 Å². The highest BCUT2D eigenvalue weighted by Gasteiger charge is 2.17. The number of hydrogen-bond donors (Lipinski definition) is 1. The number of amides is 1. The summed E-state index contributed by atoms with van der Waals surface area (Å²) in [6.07, 6.45) is 4.57. The lowest BCUT2D eigenvalue weighted by Gasteiger charge is -2.18. The summed E-state index contributed by atoms with van der Waals surface area (Å²) in [5, 5.41) is 3.24. The predicted octanol–water partition coefficient (Wildman–Crippen LogP) is 0.965. The molecule has 5 nitrogen and oxygen atoms in total. The van der Waals surface area contributed by atoms with E-state index in [0.29, 0.717) is 13.0 Å². The Hall–Kier alpha value is -1.88. The molecule has 5 heteroatoms. The van der Waals surface area contributed by atoms with Gasteiger partial charge >= 0.3 is 0 Å². The van der Waals surface area contributed by atoms with Crippen molar-refractivity contribution < 1.29 is 4.79 Å². The number of rotatable bonds is 2. The summed E-state index contributed by atoms with van der Waals surface area (Å²) in [5.41, 5.74) is 3.07. The predicted molar refractivity (Wildman–Crippen MR) is 72.8 cm³/mol. The van der Waals surface area contributed by atoms with Gasteiger partial charge in [-0.2, -0.15) is 0 Å². The van der Waals surface area contributed by atoms with Gasteiger partial charge in [-0.15, -0.1) is 0 Å². The second-order valence-electron chi connectivity index (χ2n) is 4.97. The molecule has 2 aromatic rings. The maximum atomic E-state index is 12.0. The Morgan fingerprint density at radius 3 is 3.16 bits per heavy atom. The molecule has 0 atom stereocenters. The Morgan fingerprint density at radius 1 is 1.42 bits per heavy atom. The number of aryl methyl sites for hydroxylation is 1. The summed E-state index contributed by atoms with van der Waals surface area (Å²) in [4.78, 5) is 18.5. The minimum Gasteiger partial charge on any atom is -0.335 e. The molecule has 100 valence electrons. The number of carbonyl (C=O) groups is 1. The van der Waals surface area contributed by atoms with Gasteiger partial charge in [0.25, 0.3) is 0 Å². The molecule has 0 unspecified atom stereocenters. The van der Waals surface area contributed by atoms with Crippen LogP contribution in [0.2, 0.25) is 0 Å². The summed E-state index contributed by atoms with van der Waals surface area (Å²) in [6, 6.07) is 4.06. The molecule has 2 aromatic heterocycles. The van der Waals surface area contributed by atoms with Gasteiger partial charge in [0.15, 0.2) is 0 Å². The highest BCUT2D eigenvalue weighted by molar-refractivity contribution is 5.76. The minimum atomic E-state index is 0.207. The summed E-state index contributed by atoms with van der Waals surface area (Å²) in [5.74, 6) is 0.207. The first-order valence-corrected chi connectivity index (χ1v) is 6.66. The molecule has 1 aliphatic heterocycles. The largest absolute Gasteiger partial charge is 0.335 e. The maximum Gasteiger partial charge on any atom is 0.224 e. The molecule has 0 spiro atoms. The number of hydrogen-bond acceptors (Lipinski definition) is 3. The lowest BCUT2D eigenvalue weighted by atomic mass is 10.3. The summed E-state index contributed by atoms with van der Waals surface area (Å²) < 4.78 is 2.02. The monoisotopic (exact) mass is 258 g/mol. The van der Waals surface area contributed by atoms with Crippen LogP contribution in [0.1, 0.15) is 17.7 Å². The molecule has 1 amide bonds. The van der Waals surface area contributed by atoms with E-state index in [1.165, 1.54) is 0 Å². The van der Waals surface area contributed by atoms with Crippen LogP contribution < -0.4 is 5.32 Å². The molecular weight excluding hydrogens is 240 g/mol. The highest BCUT2D eigenvalue weighted by atomic mass is 16.2. The summed E-state index contributed by atoms with van der Waals surface area (Å²) >= 11 is 0. The molecule has 0 saturated carbocycles. The lowest BCUT2D eigenvalue weighted by molar-refractivity contribution is -0.131. The molecule has 0 aliphatic carbocycles. The van der Waals surface area contributed by atoms with E-state index in [1.54, 1.807) is 0 Å². The fourth-order valence-electron chi connectivity index (χ4n) is 2.46. The number of nitrogens with zero attached hydrogens (tertiary/aromatic N) is 3. The number of fused-ring (bicyclic) bond motifs is 1. The quantitative estimate of drug-likeness (QED) is 0.873. The fraction of sp³-hybridized carbons (Fsp3) is 0.429. The topological polar surface area (TPSA) is 49.6 Å². The van der Waals surface area contributed by atoms with Gasteiger partial charge in [0.05, 0.1) is 12.2 Å². The molecular formula is C14H18N4O. The van der Waals surface area contributed by atoms with Gasteiger partial charge in [-0.25, -0.2) is 4.98 Å². The van der Waals surface area contributed by atoms with Gasteiger partial charge in [-0.05, 0) is 18.6 Å². The molecule has 1 N–H and O–H groups in total. The van der Waals surface area contributed by atoms with Crippen LogP contribution in [0.3, 0.4) is 0 Å². The molecule has 0 bridgehead atoms. The fourth-order valence-corrected chi connectivity index (χ4v) is 2.46. The van der Waals surface area contributed by atoms with E-state index in [1.807, 2.05) is 40.8 Å². The normalized spacial score (nSPS) is 16.9. The lowest BCUT2D eigenvalue weighted by Crippen LogP contribution is -2.31. The van der Waals surface area contributed by atoms with Crippen molar-refractivity contribution in [3.05, 3.63) is 35.8 Å². The SMILES string of the molecule is Cc1cccn2cc(CN3CCNCCC3=O)nc12. The average Bonchev–Trinajstić information content (AvgIpc) is 2.70. The summed E-state index contributed by atoms with van der Waals surface area (Å²) in [6.45, 7) is 5.04. The number of carbonyl (C=O) groups excluding carboxylic acids is 1. The Balaban J connectivity index is 1.84. The van der Waals surface area contributed by atoms with Crippen molar-refractivity contribution in [2.45, 2.75) is 19.9 Å².